The third-order valence-electron chi connectivity index (χ3n) is 4.30. The average Bonchev–Trinajstić information content (AvgIpc) is 3.11. The van der Waals surface area contributed by atoms with Gasteiger partial charge in [-0.2, -0.15) is 5.10 Å². The molecule has 1 amide bonds. The maximum atomic E-state index is 13.7. The first-order chi connectivity index (χ1) is 14.0. The number of aromatic amines is 1. The minimum Gasteiger partial charge on any atom is -0.489 e. The Balaban J connectivity index is 1.54. The van der Waals surface area contributed by atoms with Crippen LogP contribution in [0.25, 0.3) is 10.9 Å². The molecule has 29 heavy (non-hydrogen) atoms. The highest BCUT2D eigenvalue weighted by Crippen LogP contribution is 2.27. The SMILES string of the molecule is O=C(Nc1n[nH]c2ccc(OCc3ccccc3F)cc12)c1ccc(F)c(Cl)c1. The van der Waals surface area contributed by atoms with Crippen LogP contribution in [-0.2, 0) is 6.61 Å². The number of benzene rings is 3. The van der Waals surface area contributed by atoms with Gasteiger partial charge in [0.25, 0.3) is 5.91 Å². The summed E-state index contributed by atoms with van der Waals surface area (Å²) in [6, 6.07) is 15.2. The summed E-state index contributed by atoms with van der Waals surface area (Å²) in [5.74, 6) is -0.671. The minimum absolute atomic E-state index is 0.0613. The van der Waals surface area contributed by atoms with Crippen LogP contribution in [0, 0.1) is 11.6 Å². The molecular weight excluding hydrogens is 400 g/mol. The van der Waals surface area contributed by atoms with Crippen LogP contribution >= 0.6 is 11.6 Å². The van der Waals surface area contributed by atoms with Crippen molar-refractivity contribution in [3.05, 3.63) is 88.4 Å². The molecule has 5 nitrogen and oxygen atoms in total. The summed E-state index contributed by atoms with van der Waals surface area (Å²) in [6.45, 7) is 0.0613. The molecule has 0 fully saturated rings. The van der Waals surface area contributed by atoms with E-state index in [9.17, 15) is 13.6 Å². The maximum Gasteiger partial charge on any atom is 0.256 e. The average molecular weight is 414 g/mol. The normalized spacial score (nSPS) is 10.9. The lowest BCUT2D eigenvalue weighted by Crippen LogP contribution is -2.12. The zero-order valence-electron chi connectivity index (χ0n) is 14.9. The van der Waals surface area contributed by atoms with Gasteiger partial charge in [0.2, 0.25) is 0 Å². The van der Waals surface area contributed by atoms with Gasteiger partial charge in [-0.25, -0.2) is 8.78 Å². The predicted molar refractivity (Wildman–Crippen MR) is 106 cm³/mol. The van der Waals surface area contributed by atoms with Gasteiger partial charge in [0.15, 0.2) is 5.82 Å². The van der Waals surface area contributed by atoms with E-state index in [1.54, 1.807) is 36.4 Å². The fraction of sp³-hybridized carbons (Fsp3) is 0.0476. The molecule has 0 radical (unpaired) electrons. The fourth-order valence-corrected chi connectivity index (χ4v) is 2.95. The Labute approximate surface area is 169 Å². The first kappa shape index (κ1) is 18.9. The van der Waals surface area contributed by atoms with Crippen molar-refractivity contribution in [2.45, 2.75) is 6.61 Å². The smallest absolute Gasteiger partial charge is 0.256 e. The molecule has 4 aromatic rings. The van der Waals surface area contributed by atoms with Crippen molar-refractivity contribution in [2.75, 3.05) is 5.32 Å². The van der Waals surface area contributed by atoms with Gasteiger partial charge in [-0.1, -0.05) is 29.8 Å². The number of ether oxygens (including phenoxy) is 1. The minimum atomic E-state index is -0.606. The zero-order valence-corrected chi connectivity index (χ0v) is 15.6. The third-order valence-corrected chi connectivity index (χ3v) is 4.59. The number of H-pyrrole nitrogens is 1. The van der Waals surface area contributed by atoms with Crippen molar-refractivity contribution >= 4 is 34.2 Å². The van der Waals surface area contributed by atoms with Crippen molar-refractivity contribution < 1.29 is 18.3 Å². The Hall–Kier alpha value is -3.45. The van der Waals surface area contributed by atoms with Gasteiger partial charge in [-0.3, -0.25) is 9.89 Å². The van der Waals surface area contributed by atoms with Crippen LogP contribution in [0.3, 0.4) is 0 Å². The molecule has 0 unspecified atom stereocenters. The Morgan fingerprint density at radius 3 is 2.69 bits per heavy atom. The highest BCUT2D eigenvalue weighted by molar-refractivity contribution is 6.31. The van der Waals surface area contributed by atoms with E-state index < -0.39 is 11.7 Å². The fourth-order valence-electron chi connectivity index (χ4n) is 2.77. The second-order valence-corrected chi connectivity index (χ2v) is 6.65. The van der Waals surface area contributed by atoms with Crippen LogP contribution in [-0.4, -0.2) is 16.1 Å². The summed E-state index contributed by atoms with van der Waals surface area (Å²) in [7, 11) is 0. The molecule has 0 atom stereocenters. The molecule has 1 heterocycles. The van der Waals surface area contributed by atoms with E-state index >= 15 is 0 Å². The monoisotopic (exact) mass is 413 g/mol. The number of halogens is 3. The molecule has 0 spiro atoms. The first-order valence-electron chi connectivity index (χ1n) is 8.62. The summed E-state index contributed by atoms with van der Waals surface area (Å²) < 4.78 is 32.7. The van der Waals surface area contributed by atoms with E-state index in [1.807, 2.05) is 0 Å². The Bertz CT molecular complexity index is 1210. The molecule has 0 aliphatic heterocycles. The maximum absolute atomic E-state index is 13.7. The molecule has 1 aromatic heterocycles. The molecule has 4 rings (SSSR count). The number of nitrogens with zero attached hydrogens (tertiary/aromatic N) is 1. The van der Waals surface area contributed by atoms with E-state index in [-0.39, 0.29) is 28.8 Å². The summed E-state index contributed by atoms with van der Waals surface area (Å²) in [6.07, 6.45) is 0. The van der Waals surface area contributed by atoms with Crippen LogP contribution in [0.15, 0.2) is 60.7 Å². The van der Waals surface area contributed by atoms with E-state index in [2.05, 4.69) is 15.5 Å². The number of amides is 1. The van der Waals surface area contributed by atoms with Crippen LogP contribution in [0.5, 0.6) is 5.75 Å². The Morgan fingerprint density at radius 2 is 1.90 bits per heavy atom. The molecule has 0 bridgehead atoms. The highest BCUT2D eigenvalue weighted by atomic mass is 35.5. The number of carbonyl (C=O) groups is 1. The van der Waals surface area contributed by atoms with Crippen molar-refractivity contribution in [1.82, 2.24) is 10.2 Å². The number of hydrogen-bond donors (Lipinski definition) is 2. The lowest BCUT2D eigenvalue weighted by atomic mass is 10.2. The number of fused-ring (bicyclic) bond motifs is 1. The molecule has 0 aliphatic carbocycles. The molecule has 146 valence electrons. The largest absolute Gasteiger partial charge is 0.489 e. The third kappa shape index (κ3) is 4.05. The summed E-state index contributed by atoms with van der Waals surface area (Å²) in [5.41, 5.74) is 1.30. The number of aromatic nitrogens is 2. The van der Waals surface area contributed by atoms with Crippen LogP contribution < -0.4 is 10.1 Å². The summed E-state index contributed by atoms with van der Waals surface area (Å²) >= 11 is 5.73. The number of rotatable bonds is 5. The lowest BCUT2D eigenvalue weighted by Gasteiger charge is -2.08. The second kappa shape index (κ2) is 7.89. The van der Waals surface area contributed by atoms with Crippen molar-refractivity contribution in [2.24, 2.45) is 0 Å². The Kier molecular flexibility index (Phi) is 5.14. The van der Waals surface area contributed by atoms with Crippen molar-refractivity contribution in [3.63, 3.8) is 0 Å². The standard InChI is InChI=1S/C21H14ClF2N3O2/c22-16-9-12(5-7-18(16)24)21(28)25-20-15-10-14(6-8-19(15)26-27-20)29-11-13-3-1-2-4-17(13)23/h1-10H,11H2,(H2,25,26,27,28). The molecule has 3 aromatic carbocycles. The lowest BCUT2D eigenvalue weighted by molar-refractivity contribution is 0.102. The predicted octanol–water partition coefficient (Wildman–Crippen LogP) is 5.33. The van der Waals surface area contributed by atoms with Gasteiger partial charge in [0.05, 0.1) is 10.5 Å². The van der Waals surface area contributed by atoms with Gasteiger partial charge in [0, 0.05) is 16.5 Å². The topological polar surface area (TPSA) is 67.0 Å². The quantitative estimate of drug-likeness (QED) is 0.465. The van der Waals surface area contributed by atoms with E-state index in [4.69, 9.17) is 16.3 Å². The molecule has 2 N–H and O–H groups in total. The summed E-state index contributed by atoms with van der Waals surface area (Å²) in [4.78, 5) is 12.4. The molecule has 0 saturated carbocycles. The van der Waals surface area contributed by atoms with Gasteiger partial charge < -0.3 is 10.1 Å². The second-order valence-electron chi connectivity index (χ2n) is 6.24. The molecule has 0 saturated heterocycles. The van der Waals surface area contributed by atoms with Crippen molar-refractivity contribution in [1.29, 1.82) is 0 Å². The van der Waals surface area contributed by atoms with Crippen LogP contribution in [0.4, 0.5) is 14.6 Å². The van der Waals surface area contributed by atoms with E-state index in [1.165, 1.54) is 18.2 Å². The van der Waals surface area contributed by atoms with Gasteiger partial charge in [-0.15, -0.1) is 0 Å². The van der Waals surface area contributed by atoms with Gasteiger partial charge in [0.1, 0.15) is 24.0 Å². The van der Waals surface area contributed by atoms with Gasteiger partial charge in [-0.05, 0) is 42.5 Å². The number of nitrogens with one attached hydrogen (secondary N) is 2. The van der Waals surface area contributed by atoms with E-state index in [0.29, 0.717) is 22.2 Å². The molecular formula is C21H14ClF2N3O2. The highest BCUT2D eigenvalue weighted by Gasteiger charge is 2.14. The number of hydrogen-bond acceptors (Lipinski definition) is 3. The van der Waals surface area contributed by atoms with Gasteiger partial charge >= 0.3 is 0 Å². The molecule has 8 heteroatoms. The van der Waals surface area contributed by atoms with Crippen molar-refractivity contribution in [3.8, 4) is 5.75 Å². The number of anilines is 1. The van der Waals surface area contributed by atoms with E-state index in [0.717, 1.165) is 6.07 Å². The first-order valence-corrected chi connectivity index (χ1v) is 9.00. The molecule has 0 aliphatic rings. The van der Waals surface area contributed by atoms with Crippen LogP contribution in [0.1, 0.15) is 15.9 Å². The summed E-state index contributed by atoms with van der Waals surface area (Å²) in [5, 5.41) is 10.0. The zero-order chi connectivity index (χ0) is 20.4. The Morgan fingerprint density at radius 1 is 1.07 bits per heavy atom. The van der Waals surface area contributed by atoms with Crippen LogP contribution in [0.2, 0.25) is 5.02 Å². The number of carbonyl (C=O) groups excluding carboxylic acids is 1.